The number of pyridine rings is 1. The predicted octanol–water partition coefficient (Wildman–Crippen LogP) is 2.69. The van der Waals surface area contributed by atoms with Crippen LogP contribution in [0.5, 0.6) is 11.5 Å². The van der Waals surface area contributed by atoms with Gasteiger partial charge in [0.2, 0.25) is 10.0 Å². The van der Waals surface area contributed by atoms with Crippen LogP contribution in [-0.4, -0.2) is 43.0 Å². The summed E-state index contributed by atoms with van der Waals surface area (Å²) in [4.78, 5) is 4.35. The molecule has 7 nitrogen and oxygen atoms in total. The van der Waals surface area contributed by atoms with E-state index < -0.39 is 16.1 Å². The molecule has 146 valence electrons. The average molecular weight is 399 g/mol. The smallest absolute Gasteiger partial charge is 0.244 e. The molecule has 1 aliphatic rings. The van der Waals surface area contributed by atoms with E-state index in [1.54, 1.807) is 24.5 Å². The van der Waals surface area contributed by atoms with Crippen molar-refractivity contribution in [3.63, 3.8) is 0 Å². The second-order valence-electron chi connectivity index (χ2n) is 6.45. The van der Waals surface area contributed by atoms with Crippen molar-refractivity contribution in [2.24, 2.45) is 0 Å². The SMILES string of the molecule is COc1ccc(S(=O)(=O)N2CCn3cccc3C2c2cccnc2)cc1OC. The molecule has 0 fully saturated rings. The van der Waals surface area contributed by atoms with Crippen LogP contribution in [0.3, 0.4) is 0 Å². The molecule has 3 aromatic rings. The Kier molecular flexibility index (Phi) is 4.82. The van der Waals surface area contributed by atoms with E-state index in [0.717, 1.165) is 11.3 Å². The standard InChI is InChI=1S/C20H21N3O4S/c1-26-18-8-7-16(13-19(18)27-2)28(24,25)23-12-11-22-10-4-6-17(22)20(23)15-5-3-9-21-14-15/h3-10,13-14,20H,11-12H2,1-2H3. The van der Waals surface area contributed by atoms with Gasteiger partial charge < -0.3 is 14.0 Å². The largest absolute Gasteiger partial charge is 0.493 e. The third-order valence-corrected chi connectivity index (χ3v) is 6.82. The minimum absolute atomic E-state index is 0.166. The van der Waals surface area contributed by atoms with Crippen molar-refractivity contribution >= 4 is 10.0 Å². The molecule has 1 aliphatic heterocycles. The van der Waals surface area contributed by atoms with Gasteiger partial charge in [0.1, 0.15) is 0 Å². The fourth-order valence-electron chi connectivity index (χ4n) is 3.61. The van der Waals surface area contributed by atoms with Crippen LogP contribution in [0.25, 0.3) is 0 Å². The van der Waals surface area contributed by atoms with E-state index in [1.165, 1.54) is 24.6 Å². The molecular formula is C20H21N3O4S. The molecule has 0 saturated carbocycles. The normalized spacial score (nSPS) is 17.1. The maximum atomic E-state index is 13.6. The molecule has 0 aliphatic carbocycles. The van der Waals surface area contributed by atoms with E-state index >= 15 is 0 Å². The first kappa shape index (κ1) is 18.5. The van der Waals surface area contributed by atoms with Gasteiger partial charge in [-0.15, -0.1) is 0 Å². The highest BCUT2D eigenvalue weighted by Gasteiger charge is 2.38. The molecule has 0 N–H and O–H groups in total. The number of sulfonamides is 1. The van der Waals surface area contributed by atoms with Crippen LogP contribution in [0.4, 0.5) is 0 Å². The highest BCUT2D eigenvalue weighted by Crippen LogP contribution is 2.38. The Labute approximate surface area is 164 Å². The maximum Gasteiger partial charge on any atom is 0.244 e. The van der Waals surface area contributed by atoms with Gasteiger partial charge in [-0.05, 0) is 35.9 Å². The van der Waals surface area contributed by atoms with Gasteiger partial charge in [-0.2, -0.15) is 4.31 Å². The molecule has 1 aromatic carbocycles. The molecule has 28 heavy (non-hydrogen) atoms. The Morgan fingerprint density at radius 1 is 1.04 bits per heavy atom. The number of hydrogen-bond donors (Lipinski definition) is 0. The third kappa shape index (κ3) is 3.04. The Morgan fingerprint density at radius 3 is 2.57 bits per heavy atom. The third-order valence-electron chi connectivity index (χ3n) is 4.96. The number of hydrogen-bond acceptors (Lipinski definition) is 5. The molecule has 1 atom stereocenters. The lowest BCUT2D eigenvalue weighted by Gasteiger charge is -2.36. The van der Waals surface area contributed by atoms with E-state index in [9.17, 15) is 8.42 Å². The molecule has 1 unspecified atom stereocenters. The summed E-state index contributed by atoms with van der Waals surface area (Å²) in [7, 11) is -0.777. The summed E-state index contributed by atoms with van der Waals surface area (Å²) in [6, 6.07) is 11.8. The molecule has 2 aromatic heterocycles. The van der Waals surface area contributed by atoms with E-state index in [0.29, 0.717) is 24.6 Å². The number of methoxy groups -OCH3 is 2. The van der Waals surface area contributed by atoms with Gasteiger partial charge in [0.15, 0.2) is 11.5 Å². The van der Waals surface area contributed by atoms with Gasteiger partial charge in [-0.3, -0.25) is 4.98 Å². The van der Waals surface area contributed by atoms with Gasteiger partial charge in [0, 0.05) is 43.4 Å². The fourth-order valence-corrected chi connectivity index (χ4v) is 5.20. The summed E-state index contributed by atoms with van der Waals surface area (Å²) >= 11 is 0. The zero-order valence-corrected chi connectivity index (χ0v) is 16.5. The second-order valence-corrected chi connectivity index (χ2v) is 8.34. The molecule has 3 heterocycles. The molecular weight excluding hydrogens is 378 g/mol. The molecule has 0 amide bonds. The maximum absolute atomic E-state index is 13.6. The summed E-state index contributed by atoms with van der Waals surface area (Å²) in [6.07, 6.45) is 5.36. The molecule has 0 saturated heterocycles. The Morgan fingerprint density at radius 2 is 1.86 bits per heavy atom. The molecule has 4 rings (SSSR count). The van der Waals surface area contributed by atoms with E-state index in [2.05, 4.69) is 9.55 Å². The number of benzene rings is 1. The van der Waals surface area contributed by atoms with Crippen LogP contribution < -0.4 is 9.47 Å². The monoisotopic (exact) mass is 399 g/mol. The molecule has 0 bridgehead atoms. The number of ether oxygens (including phenoxy) is 2. The highest BCUT2D eigenvalue weighted by molar-refractivity contribution is 7.89. The average Bonchev–Trinajstić information content (AvgIpc) is 3.22. The number of fused-ring (bicyclic) bond motifs is 1. The van der Waals surface area contributed by atoms with Gasteiger partial charge in [0.05, 0.1) is 25.2 Å². The van der Waals surface area contributed by atoms with Crippen LogP contribution >= 0.6 is 0 Å². The van der Waals surface area contributed by atoms with Gasteiger partial charge in [-0.25, -0.2) is 8.42 Å². The highest BCUT2D eigenvalue weighted by atomic mass is 32.2. The first-order chi connectivity index (χ1) is 13.6. The Bertz CT molecular complexity index is 1080. The van der Waals surface area contributed by atoms with Crippen LogP contribution in [0.1, 0.15) is 17.3 Å². The number of aromatic nitrogens is 2. The zero-order valence-electron chi connectivity index (χ0n) is 15.6. The van der Waals surface area contributed by atoms with Gasteiger partial charge in [-0.1, -0.05) is 6.07 Å². The minimum Gasteiger partial charge on any atom is -0.493 e. The van der Waals surface area contributed by atoms with E-state index in [1.807, 2.05) is 30.5 Å². The molecule has 8 heteroatoms. The van der Waals surface area contributed by atoms with Crippen molar-refractivity contribution < 1.29 is 17.9 Å². The quantitative estimate of drug-likeness (QED) is 0.660. The van der Waals surface area contributed by atoms with Crippen molar-refractivity contribution in [1.82, 2.24) is 13.9 Å². The summed E-state index contributed by atoms with van der Waals surface area (Å²) in [5, 5.41) is 0. The van der Waals surface area contributed by atoms with Gasteiger partial charge in [0.25, 0.3) is 0 Å². The van der Waals surface area contributed by atoms with Crippen LogP contribution in [-0.2, 0) is 16.6 Å². The lowest BCUT2D eigenvalue weighted by atomic mass is 10.0. The minimum atomic E-state index is -3.78. The summed E-state index contributed by atoms with van der Waals surface area (Å²) < 4.78 is 41.3. The fraction of sp³-hybridized carbons (Fsp3) is 0.250. The van der Waals surface area contributed by atoms with Crippen molar-refractivity contribution in [3.8, 4) is 11.5 Å². The van der Waals surface area contributed by atoms with Crippen LogP contribution in [0, 0.1) is 0 Å². The summed E-state index contributed by atoms with van der Waals surface area (Å²) in [5.74, 6) is 0.861. The number of nitrogens with zero attached hydrogens (tertiary/aromatic N) is 3. The summed E-state index contributed by atoms with van der Waals surface area (Å²) in [6.45, 7) is 0.948. The zero-order chi connectivity index (χ0) is 19.7. The lowest BCUT2D eigenvalue weighted by Crippen LogP contribution is -2.42. The lowest BCUT2D eigenvalue weighted by molar-refractivity contribution is 0.297. The topological polar surface area (TPSA) is 73.7 Å². The van der Waals surface area contributed by atoms with Crippen molar-refractivity contribution in [2.45, 2.75) is 17.5 Å². The van der Waals surface area contributed by atoms with Crippen LogP contribution in [0.2, 0.25) is 0 Å². The first-order valence-electron chi connectivity index (χ1n) is 8.85. The van der Waals surface area contributed by atoms with E-state index in [-0.39, 0.29) is 4.90 Å². The molecule has 0 radical (unpaired) electrons. The number of rotatable bonds is 5. The Balaban J connectivity index is 1.82. The van der Waals surface area contributed by atoms with E-state index in [4.69, 9.17) is 9.47 Å². The van der Waals surface area contributed by atoms with Crippen LogP contribution in [0.15, 0.2) is 66.0 Å². The first-order valence-corrected chi connectivity index (χ1v) is 10.3. The second kappa shape index (κ2) is 7.29. The van der Waals surface area contributed by atoms with Crippen molar-refractivity contribution in [2.75, 3.05) is 20.8 Å². The predicted molar refractivity (Wildman–Crippen MR) is 104 cm³/mol. The van der Waals surface area contributed by atoms with Crippen molar-refractivity contribution in [1.29, 1.82) is 0 Å². The Hall–Kier alpha value is -2.84. The van der Waals surface area contributed by atoms with Crippen molar-refractivity contribution in [3.05, 3.63) is 72.3 Å². The molecule has 0 spiro atoms. The summed E-state index contributed by atoms with van der Waals surface area (Å²) in [5.41, 5.74) is 1.74. The van der Waals surface area contributed by atoms with Gasteiger partial charge >= 0.3 is 0 Å².